The number of anilines is 1. The molecule has 21 heavy (non-hydrogen) atoms. The maximum absolute atomic E-state index is 6.07. The Morgan fingerprint density at radius 3 is 2.29 bits per heavy atom. The summed E-state index contributed by atoms with van der Waals surface area (Å²) in [6, 6.07) is 16.8. The summed E-state index contributed by atoms with van der Waals surface area (Å²) in [5.41, 5.74) is 9.79. The van der Waals surface area contributed by atoms with Crippen LogP contribution in [0.4, 0.5) is 5.69 Å². The van der Waals surface area contributed by atoms with Gasteiger partial charge in [0.1, 0.15) is 5.75 Å². The van der Waals surface area contributed by atoms with Crippen LogP contribution in [0.2, 0.25) is 0 Å². The van der Waals surface area contributed by atoms with E-state index in [1.165, 1.54) is 16.8 Å². The van der Waals surface area contributed by atoms with Crippen molar-refractivity contribution in [3.8, 4) is 5.75 Å². The first-order chi connectivity index (χ1) is 10.2. The number of hydrogen-bond donors (Lipinski definition) is 1. The van der Waals surface area contributed by atoms with Crippen molar-refractivity contribution in [1.82, 2.24) is 0 Å². The molecule has 2 rings (SSSR count). The molecule has 0 amide bonds. The molecule has 0 spiro atoms. The van der Waals surface area contributed by atoms with Crippen LogP contribution in [0.3, 0.4) is 0 Å². The van der Waals surface area contributed by atoms with Crippen molar-refractivity contribution in [1.29, 1.82) is 0 Å². The van der Waals surface area contributed by atoms with Gasteiger partial charge in [0.2, 0.25) is 0 Å². The molecule has 0 radical (unpaired) electrons. The molecule has 0 saturated heterocycles. The van der Waals surface area contributed by atoms with Crippen molar-refractivity contribution in [2.45, 2.75) is 19.9 Å². The summed E-state index contributed by atoms with van der Waals surface area (Å²) in [7, 11) is 1.68. The average molecular weight is 284 g/mol. The minimum Gasteiger partial charge on any atom is -0.497 e. The van der Waals surface area contributed by atoms with Crippen LogP contribution in [-0.4, -0.2) is 20.2 Å². The van der Waals surface area contributed by atoms with Gasteiger partial charge in [0, 0.05) is 18.8 Å². The number of methoxy groups -OCH3 is 1. The van der Waals surface area contributed by atoms with Crippen LogP contribution < -0.4 is 15.4 Å². The number of hydrogen-bond acceptors (Lipinski definition) is 3. The Labute approximate surface area is 127 Å². The van der Waals surface area contributed by atoms with Crippen LogP contribution in [0.5, 0.6) is 5.75 Å². The summed E-state index contributed by atoms with van der Waals surface area (Å²) < 4.78 is 5.23. The number of nitrogens with two attached hydrogens (primary N) is 1. The maximum atomic E-state index is 6.07. The molecule has 2 aromatic rings. The summed E-state index contributed by atoms with van der Waals surface area (Å²) in [5.74, 6) is 0.869. The Kier molecular flexibility index (Phi) is 5.23. The zero-order valence-electron chi connectivity index (χ0n) is 13.0. The number of rotatable bonds is 6. The minimum absolute atomic E-state index is 0.169. The quantitative estimate of drug-likeness (QED) is 0.882. The Bertz CT molecular complexity index is 566. The molecule has 0 bridgehead atoms. The smallest absolute Gasteiger partial charge is 0.118 e. The molecule has 0 heterocycles. The lowest BCUT2D eigenvalue weighted by molar-refractivity contribution is 0.414. The fraction of sp³-hybridized carbons (Fsp3) is 0.333. The van der Waals surface area contributed by atoms with Gasteiger partial charge in [0.25, 0.3) is 0 Å². The molecule has 0 aliphatic rings. The van der Waals surface area contributed by atoms with Gasteiger partial charge in [-0.1, -0.05) is 30.3 Å². The largest absolute Gasteiger partial charge is 0.497 e. The SMILES string of the molecule is CCN(c1ccccc1C)C(CN)c1ccc(OC)cc1. The van der Waals surface area contributed by atoms with Gasteiger partial charge in [0.05, 0.1) is 13.2 Å². The van der Waals surface area contributed by atoms with Gasteiger partial charge in [-0.25, -0.2) is 0 Å². The van der Waals surface area contributed by atoms with Crippen molar-refractivity contribution < 1.29 is 4.74 Å². The topological polar surface area (TPSA) is 38.5 Å². The zero-order chi connectivity index (χ0) is 15.2. The molecule has 0 fully saturated rings. The molecular formula is C18H24N2O. The minimum atomic E-state index is 0.169. The third-order valence-corrected chi connectivity index (χ3v) is 3.87. The van der Waals surface area contributed by atoms with Gasteiger partial charge in [0.15, 0.2) is 0 Å². The van der Waals surface area contributed by atoms with Crippen LogP contribution in [0.25, 0.3) is 0 Å². The number of nitrogens with zero attached hydrogens (tertiary/aromatic N) is 1. The van der Waals surface area contributed by atoms with E-state index in [1.54, 1.807) is 7.11 Å². The van der Waals surface area contributed by atoms with Crippen LogP contribution in [-0.2, 0) is 0 Å². The number of para-hydroxylation sites is 1. The highest BCUT2D eigenvalue weighted by Gasteiger charge is 2.19. The van der Waals surface area contributed by atoms with E-state index in [0.717, 1.165) is 12.3 Å². The molecular weight excluding hydrogens is 260 g/mol. The lowest BCUT2D eigenvalue weighted by Crippen LogP contribution is -2.34. The van der Waals surface area contributed by atoms with E-state index >= 15 is 0 Å². The fourth-order valence-corrected chi connectivity index (χ4v) is 2.71. The molecule has 1 unspecified atom stereocenters. The maximum Gasteiger partial charge on any atom is 0.118 e. The summed E-state index contributed by atoms with van der Waals surface area (Å²) in [6.07, 6.45) is 0. The van der Waals surface area contributed by atoms with Crippen molar-refractivity contribution in [2.75, 3.05) is 25.1 Å². The van der Waals surface area contributed by atoms with E-state index < -0.39 is 0 Å². The van der Waals surface area contributed by atoms with E-state index in [0.29, 0.717) is 6.54 Å². The standard InChI is InChI=1S/C18H24N2O/c1-4-20(17-8-6-5-7-14(17)2)18(13-19)15-9-11-16(21-3)12-10-15/h5-12,18H,4,13,19H2,1-3H3. The van der Waals surface area contributed by atoms with Crippen molar-refractivity contribution in [3.63, 3.8) is 0 Å². The second-order valence-corrected chi connectivity index (χ2v) is 5.10. The van der Waals surface area contributed by atoms with Crippen molar-refractivity contribution in [2.24, 2.45) is 5.73 Å². The highest BCUT2D eigenvalue weighted by molar-refractivity contribution is 5.55. The van der Waals surface area contributed by atoms with Gasteiger partial charge >= 0.3 is 0 Å². The lowest BCUT2D eigenvalue weighted by Gasteiger charge is -2.33. The Morgan fingerprint density at radius 2 is 1.76 bits per heavy atom. The monoisotopic (exact) mass is 284 g/mol. The number of benzene rings is 2. The van der Waals surface area contributed by atoms with Crippen LogP contribution >= 0.6 is 0 Å². The van der Waals surface area contributed by atoms with Gasteiger partial charge in [-0.15, -0.1) is 0 Å². The lowest BCUT2D eigenvalue weighted by atomic mass is 10.0. The predicted molar refractivity (Wildman–Crippen MR) is 89.0 cm³/mol. The van der Waals surface area contributed by atoms with Gasteiger partial charge in [-0.05, 0) is 43.2 Å². The molecule has 0 saturated carbocycles. The van der Waals surface area contributed by atoms with E-state index in [4.69, 9.17) is 10.5 Å². The number of likely N-dealkylation sites (N-methyl/N-ethyl adjacent to an activating group) is 1. The van der Waals surface area contributed by atoms with E-state index in [-0.39, 0.29) is 6.04 Å². The van der Waals surface area contributed by atoms with E-state index in [1.807, 2.05) is 12.1 Å². The highest BCUT2D eigenvalue weighted by atomic mass is 16.5. The Hall–Kier alpha value is -2.00. The third kappa shape index (κ3) is 3.37. The molecule has 3 nitrogen and oxygen atoms in total. The summed E-state index contributed by atoms with van der Waals surface area (Å²) in [5, 5.41) is 0. The number of aryl methyl sites for hydroxylation is 1. The molecule has 0 aromatic heterocycles. The summed E-state index contributed by atoms with van der Waals surface area (Å²) in [4.78, 5) is 2.36. The summed E-state index contributed by atoms with van der Waals surface area (Å²) in [6.45, 7) is 5.80. The first-order valence-electron chi connectivity index (χ1n) is 7.37. The van der Waals surface area contributed by atoms with Crippen LogP contribution in [0, 0.1) is 6.92 Å². The van der Waals surface area contributed by atoms with Crippen molar-refractivity contribution in [3.05, 3.63) is 59.7 Å². The molecule has 0 aliphatic carbocycles. The van der Waals surface area contributed by atoms with Gasteiger partial charge < -0.3 is 15.4 Å². The Morgan fingerprint density at radius 1 is 1.10 bits per heavy atom. The molecule has 3 heteroatoms. The third-order valence-electron chi connectivity index (χ3n) is 3.87. The average Bonchev–Trinajstić information content (AvgIpc) is 2.54. The molecule has 2 N–H and O–H groups in total. The van der Waals surface area contributed by atoms with Crippen molar-refractivity contribution >= 4 is 5.69 Å². The normalized spacial score (nSPS) is 12.0. The van der Waals surface area contributed by atoms with E-state index in [9.17, 15) is 0 Å². The molecule has 2 aromatic carbocycles. The summed E-state index contributed by atoms with van der Waals surface area (Å²) >= 11 is 0. The van der Waals surface area contributed by atoms with Crippen LogP contribution in [0.15, 0.2) is 48.5 Å². The van der Waals surface area contributed by atoms with Gasteiger partial charge in [-0.2, -0.15) is 0 Å². The fourth-order valence-electron chi connectivity index (χ4n) is 2.71. The Balaban J connectivity index is 2.35. The van der Waals surface area contributed by atoms with Crippen LogP contribution in [0.1, 0.15) is 24.1 Å². The first-order valence-corrected chi connectivity index (χ1v) is 7.37. The first kappa shape index (κ1) is 15.4. The predicted octanol–water partition coefficient (Wildman–Crippen LogP) is 3.53. The molecule has 1 atom stereocenters. The second-order valence-electron chi connectivity index (χ2n) is 5.10. The highest BCUT2D eigenvalue weighted by Crippen LogP contribution is 2.29. The second kappa shape index (κ2) is 7.14. The van der Waals surface area contributed by atoms with Gasteiger partial charge in [-0.3, -0.25) is 0 Å². The number of ether oxygens (including phenoxy) is 1. The molecule has 112 valence electrons. The van der Waals surface area contributed by atoms with E-state index in [2.05, 4.69) is 55.1 Å². The zero-order valence-corrected chi connectivity index (χ0v) is 13.0. The molecule has 0 aliphatic heterocycles.